The van der Waals surface area contributed by atoms with E-state index in [9.17, 15) is 15.0 Å². The van der Waals surface area contributed by atoms with Crippen LogP contribution in [0.15, 0.2) is 35.8 Å². The molecule has 9 heteroatoms. The molecule has 122 valence electrons. The summed E-state index contributed by atoms with van der Waals surface area (Å²) < 4.78 is 0. The number of thiazole rings is 1. The molecule has 0 aliphatic rings. The first kappa shape index (κ1) is 16.2. The number of amides is 1. The van der Waals surface area contributed by atoms with Crippen LogP contribution in [-0.2, 0) is 6.54 Å². The van der Waals surface area contributed by atoms with E-state index in [1.165, 1.54) is 11.3 Å². The van der Waals surface area contributed by atoms with E-state index in [1.807, 2.05) is 0 Å². The Labute approximate surface area is 145 Å². The lowest BCUT2D eigenvalue weighted by molar-refractivity contribution is 0.0942. The Morgan fingerprint density at radius 2 is 2.04 bits per heavy atom. The minimum Gasteiger partial charge on any atom is -0.501 e. The normalized spacial score (nSPS) is 10.5. The Kier molecular flexibility index (Phi) is 4.59. The van der Waals surface area contributed by atoms with Gasteiger partial charge in [0.25, 0.3) is 11.8 Å². The Balaban J connectivity index is 1.85. The van der Waals surface area contributed by atoms with Gasteiger partial charge in [0.15, 0.2) is 16.5 Å². The number of nitrogens with zero attached hydrogens (tertiary/aromatic N) is 3. The minimum absolute atomic E-state index is 0.0585. The molecule has 1 aromatic carbocycles. The van der Waals surface area contributed by atoms with E-state index >= 15 is 0 Å². The molecule has 3 N–H and O–H groups in total. The van der Waals surface area contributed by atoms with Gasteiger partial charge in [-0.05, 0) is 11.6 Å². The summed E-state index contributed by atoms with van der Waals surface area (Å²) in [5.74, 6) is -1.98. The third-order valence-electron chi connectivity index (χ3n) is 3.10. The van der Waals surface area contributed by atoms with Gasteiger partial charge in [-0.2, -0.15) is 4.98 Å². The molecule has 1 amide bonds. The number of nitrogens with one attached hydrogen (secondary N) is 1. The predicted molar refractivity (Wildman–Crippen MR) is 89.1 cm³/mol. The lowest BCUT2D eigenvalue weighted by atomic mass is 10.2. The molecule has 0 bridgehead atoms. The first-order valence-corrected chi connectivity index (χ1v) is 8.03. The van der Waals surface area contributed by atoms with E-state index in [1.54, 1.807) is 35.8 Å². The topological polar surface area (TPSA) is 108 Å². The van der Waals surface area contributed by atoms with Crippen molar-refractivity contribution in [2.75, 3.05) is 0 Å². The summed E-state index contributed by atoms with van der Waals surface area (Å²) in [5.41, 5.74) is 0.380. The molecule has 0 aliphatic heterocycles. The zero-order chi connectivity index (χ0) is 17.1. The summed E-state index contributed by atoms with van der Waals surface area (Å²) in [7, 11) is 0. The van der Waals surface area contributed by atoms with Crippen molar-refractivity contribution in [3.8, 4) is 22.5 Å². The van der Waals surface area contributed by atoms with E-state index in [-0.39, 0.29) is 18.1 Å². The molecule has 0 saturated heterocycles. The lowest BCUT2D eigenvalue weighted by Gasteiger charge is -2.09. The van der Waals surface area contributed by atoms with Crippen molar-refractivity contribution in [1.29, 1.82) is 0 Å². The van der Waals surface area contributed by atoms with Crippen molar-refractivity contribution in [2.45, 2.75) is 6.54 Å². The van der Waals surface area contributed by atoms with E-state index in [2.05, 4.69) is 20.3 Å². The number of hydrogen-bond donors (Lipinski definition) is 3. The van der Waals surface area contributed by atoms with E-state index in [0.29, 0.717) is 15.6 Å². The molecule has 3 aromatic rings. The average Bonchev–Trinajstić information content (AvgIpc) is 3.10. The summed E-state index contributed by atoms with van der Waals surface area (Å²) in [6.07, 6.45) is 1.55. The van der Waals surface area contributed by atoms with Crippen LogP contribution in [0, 0.1) is 0 Å². The fourth-order valence-corrected chi connectivity index (χ4v) is 2.70. The molecular formula is C15H11ClN4O3S. The summed E-state index contributed by atoms with van der Waals surface area (Å²) in [6, 6.07) is 7.04. The highest BCUT2D eigenvalue weighted by atomic mass is 35.5. The van der Waals surface area contributed by atoms with Gasteiger partial charge < -0.3 is 15.5 Å². The molecule has 24 heavy (non-hydrogen) atoms. The molecule has 0 atom stereocenters. The van der Waals surface area contributed by atoms with Crippen LogP contribution < -0.4 is 5.32 Å². The van der Waals surface area contributed by atoms with Crippen LogP contribution in [0.1, 0.15) is 16.1 Å². The third-order valence-corrected chi connectivity index (χ3v) is 4.24. The summed E-state index contributed by atoms with van der Waals surface area (Å²) >= 11 is 7.27. The van der Waals surface area contributed by atoms with Crippen molar-refractivity contribution in [3.05, 3.63) is 52.1 Å². The van der Waals surface area contributed by atoms with Gasteiger partial charge in [-0.25, -0.2) is 9.97 Å². The fourth-order valence-electron chi connectivity index (χ4n) is 1.93. The Hall–Kier alpha value is -2.71. The maximum Gasteiger partial charge on any atom is 0.274 e. The van der Waals surface area contributed by atoms with Crippen LogP contribution in [0.3, 0.4) is 0 Å². The van der Waals surface area contributed by atoms with E-state index in [4.69, 9.17) is 11.6 Å². The molecule has 0 radical (unpaired) electrons. The largest absolute Gasteiger partial charge is 0.501 e. The Morgan fingerprint density at radius 3 is 2.75 bits per heavy atom. The average molecular weight is 363 g/mol. The molecule has 0 aliphatic carbocycles. The van der Waals surface area contributed by atoms with Crippen molar-refractivity contribution in [2.24, 2.45) is 0 Å². The van der Waals surface area contributed by atoms with Crippen molar-refractivity contribution < 1.29 is 15.0 Å². The molecular weight excluding hydrogens is 352 g/mol. The number of aromatic hydroxyl groups is 2. The van der Waals surface area contributed by atoms with Gasteiger partial charge in [-0.3, -0.25) is 4.79 Å². The van der Waals surface area contributed by atoms with Crippen LogP contribution in [0.2, 0.25) is 5.02 Å². The first-order valence-electron chi connectivity index (χ1n) is 6.77. The maximum atomic E-state index is 12.3. The second kappa shape index (κ2) is 6.81. The molecule has 0 unspecified atom stereocenters. The highest BCUT2D eigenvalue weighted by Crippen LogP contribution is 2.29. The highest BCUT2D eigenvalue weighted by Gasteiger charge is 2.21. The SMILES string of the molecule is O=C(NCc1ccccc1Cl)c1nc(-c2nccs2)nc(O)c1O. The summed E-state index contributed by atoms with van der Waals surface area (Å²) in [5, 5.41) is 24.8. The van der Waals surface area contributed by atoms with Gasteiger partial charge in [0.05, 0.1) is 0 Å². The number of aromatic nitrogens is 3. The number of carbonyl (C=O) groups excluding carboxylic acids is 1. The summed E-state index contributed by atoms with van der Waals surface area (Å²) in [4.78, 5) is 24.0. The second-order valence-corrected chi connectivity index (χ2v) is 5.98. The van der Waals surface area contributed by atoms with Crippen molar-refractivity contribution in [3.63, 3.8) is 0 Å². The third kappa shape index (κ3) is 3.29. The van der Waals surface area contributed by atoms with E-state index in [0.717, 1.165) is 0 Å². The molecule has 0 fully saturated rings. The molecule has 0 spiro atoms. The van der Waals surface area contributed by atoms with Crippen molar-refractivity contribution >= 4 is 28.8 Å². The standard InChI is InChI=1S/C15H11ClN4O3S/c16-9-4-2-1-3-8(9)7-18-13(22)10-11(21)14(23)20-12(19-10)15-17-5-6-24-15/h1-6,21H,7H2,(H,18,22)(H,19,20,23). The highest BCUT2D eigenvalue weighted by molar-refractivity contribution is 7.13. The quantitative estimate of drug-likeness (QED) is 0.658. The fraction of sp³-hybridized carbons (Fsp3) is 0.0667. The molecule has 3 rings (SSSR count). The van der Waals surface area contributed by atoms with Crippen LogP contribution >= 0.6 is 22.9 Å². The summed E-state index contributed by atoms with van der Waals surface area (Å²) in [6.45, 7) is 0.148. The van der Waals surface area contributed by atoms with E-state index < -0.39 is 17.5 Å². The zero-order valence-corrected chi connectivity index (χ0v) is 13.7. The van der Waals surface area contributed by atoms with Gasteiger partial charge in [-0.1, -0.05) is 29.8 Å². The van der Waals surface area contributed by atoms with Gasteiger partial charge in [0.1, 0.15) is 0 Å². The number of rotatable bonds is 4. The zero-order valence-electron chi connectivity index (χ0n) is 12.1. The van der Waals surface area contributed by atoms with Crippen molar-refractivity contribution in [1.82, 2.24) is 20.3 Å². The molecule has 0 saturated carbocycles. The van der Waals surface area contributed by atoms with Gasteiger partial charge in [0, 0.05) is 23.1 Å². The van der Waals surface area contributed by atoms with Crippen LogP contribution in [0.4, 0.5) is 0 Å². The smallest absolute Gasteiger partial charge is 0.274 e. The maximum absolute atomic E-state index is 12.3. The molecule has 2 aromatic heterocycles. The predicted octanol–water partition coefficient (Wildman–Crippen LogP) is 2.59. The van der Waals surface area contributed by atoms with Gasteiger partial charge in [0.2, 0.25) is 5.75 Å². The number of halogens is 1. The number of benzene rings is 1. The van der Waals surface area contributed by atoms with Gasteiger partial charge >= 0.3 is 0 Å². The van der Waals surface area contributed by atoms with Crippen LogP contribution in [-0.4, -0.2) is 31.1 Å². The molecule has 7 nitrogen and oxygen atoms in total. The van der Waals surface area contributed by atoms with Crippen LogP contribution in [0.25, 0.3) is 10.8 Å². The molecule has 2 heterocycles. The lowest BCUT2D eigenvalue weighted by Crippen LogP contribution is -2.24. The number of carbonyl (C=O) groups is 1. The Bertz CT molecular complexity index is 886. The van der Waals surface area contributed by atoms with Gasteiger partial charge in [-0.15, -0.1) is 11.3 Å². The monoisotopic (exact) mass is 362 g/mol. The first-order chi connectivity index (χ1) is 11.6. The number of hydrogen-bond acceptors (Lipinski definition) is 7. The second-order valence-electron chi connectivity index (χ2n) is 4.68. The van der Waals surface area contributed by atoms with Crippen LogP contribution in [0.5, 0.6) is 11.6 Å². The minimum atomic E-state index is -0.688. The Morgan fingerprint density at radius 1 is 1.25 bits per heavy atom.